The summed E-state index contributed by atoms with van der Waals surface area (Å²) < 4.78 is 5.27. The second-order valence-electron chi connectivity index (χ2n) is 4.25. The molecule has 0 amide bonds. The van der Waals surface area contributed by atoms with Crippen molar-refractivity contribution in [3.05, 3.63) is 51.3 Å². The molecule has 2 heterocycles. The van der Waals surface area contributed by atoms with Gasteiger partial charge in [0.25, 0.3) is 5.56 Å². The van der Waals surface area contributed by atoms with Gasteiger partial charge in [0.15, 0.2) is 11.3 Å². The number of nitrogen functional groups attached to an aromatic ring is 1. The number of carbonyl (C=O) groups is 1. The van der Waals surface area contributed by atoms with Gasteiger partial charge in [-0.1, -0.05) is 30.0 Å². The molecule has 6 nitrogen and oxygen atoms in total. The fourth-order valence-corrected chi connectivity index (χ4v) is 2.57. The van der Waals surface area contributed by atoms with Crippen molar-refractivity contribution in [2.75, 3.05) is 12.0 Å². The zero-order valence-corrected chi connectivity index (χ0v) is 11.4. The smallest absolute Gasteiger partial charge is 0.339 e. The molecule has 7 heteroatoms. The molecule has 3 rings (SSSR count). The third-order valence-corrected chi connectivity index (χ3v) is 3.69. The second-order valence-corrected chi connectivity index (χ2v) is 5.04. The van der Waals surface area contributed by atoms with Crippen LogP contribution >= 0.6 is 11.8 Å². The van der Waals surface area contributed by atoms with E-state index < -0.39 is 17.6 Å². The topological polar surface area (TPSA) is 98.1 Å². The number of esters is 1. The summed E-state index contributed by atoms with van der Waals surface area (Å²) in [5.74, 6) is -0.383. The second kappa shape index (κ2) is 4.68. The van der Waals surface area contributed by atoms with Crippen LogP contribution in [0.5, 0.6) is 0 Å². The molecule has 0 spiro atoms. The van der Waals surface area contributed by atoms with Gasteiger partial charge >= 0.3 is 5.97 Å². The predicted molar refractivity (Wildman–Crippen MR) is 74.8 cm³/mol. The summed E-state index contributed by atoms with van der Waals surface area (Å²) in [6.07, 6.45) is 0.980. The van der Waals surface area contributed by atoms with Crippen molar-refractivity contribution in [1.82, 2.24) is 9.97 Å². The number of hydrogen-bond acceptors (Lipinski definition) is 6. The highest BCUT2D eigenvalue weighted by Crippen LogP contribution is 2.35. The molecule has 0 fully saturated rings. The van der Waals surface area contributed by atoms with Gasteiger partial charge < -0.3 is 15.5 Å². The number of fused-ring (bicyclic) bond motifs is 1. The Morgan fingerprint density at radius 1 is 1.35 bits per heavy atom. The molecule has 0 saturated heterocycles. The number of H-pyrrole nitrogens is 1. The van der Waals surface area contributed by atoms with Gasteiger partial charge in [-0.3, -0.25) is 4.79 Å². The molecule has 1 aromatic carbocycles. The van der Waals surface area contributed by atoms with Crippen molar-refractivity contribution >= 4 is 23.5 Å². The molecule has 1 atom stereocenters. The molecule has 102 valence electrons. The molecule has 1 aromatic heterocycles. The number of cyclic esters (lactones) is 1. The van der Waals surface area contributed by atoms with Crippen LogP contribution in [0.3, 0.4) is 0 Å². The minimum absolute atomic E-state index is 0.0765. The number of rotatable bonds is 2. The first-order valence-corrected chi connectivity index (χ1v) is 7.08. The Balaban J connectivity index is 2.17. The maximum atomic E-state index is 12.1. The van der Waals surface area contributed by atoms with Crippen LogP contribution in [-0.4, -0.2) is 22.2 Å². The number of carbonyl (C=O) groups excluding carboxylic acids is 1. The molecule has 3 N–H and O–H groups in total. The number of nitrogens with zero attached hydrogens (tertiary/aromatic N) is 1. The van der Waals surface area contributed by atoms with Gasteiger partial charge in [-0.25, -0.2) is 9.78 Å². The molecular weight excluding hydrogens is 278 g/mol. The third kappa shape index (κ3) is 1.87. The van der Waals surface area contributed by atoms with Crippen molar-refractivity contribution < 1.29 is 9.53 Å². The van der Waals surface area contributed by atoms with Gasteiger partial charge in [-0.2, -0.15) is 0 Å². The summed E-state index contributed by atoms with van der Waals surface area (Å²) in [5.41, 5.74) is 6.70. The summed E-state index contributed by atoms with van der Waals surface area (Å²) in [6, 6.07) is 6.92. The van der Waals surface area contributed by atoms with Gasteiger partial charge in [0.2, 0.25) is 0 Å². The maximum absolute atomic E-state index is 12.1. The average molecular weight is 289 g/mol. The molecular formula is C13H11N3O3S. The molecule has 1 unspecified atom stereocenters. The van der Waals surface area contributed by atoms with Gasteiger partial charge in [0, 0.05) is 5.56 Å². The first kappa shape index (κ1) is 12.7. The Labute approximate surface area is 118 Å². The Bertz CT molecular complexity index is 757. The van der Waals surface area contributed by atoms with Crippen LogP contribution in [0.1, 0.15) is 27.6 Å². The van der Waals surface area contributed by atoms with Crippen molar-refractivity contribution in [2.24, 2.45) is 0 Å². The third-order valence-electron chi connectivity index (χ3n) is 3.11. The van der Waals surface area contributed by atoms with Crippen LogP contribution in [0, 0.1) is 0 Å². The Morgan fingerprint density at radius 3 is 2.80 bits per heavy atom. The van der Waals surface area contributed by atoms with Gasteiger partial charge in [-0.05, 0) is 12.3 Å². The quantitative estimate of drug-likeness (QED) is 0.492. The SMILES string of the molecule is CSc1nc(N)c(C2OC(=O)c3ccccc32)c(=O)[nH]1. The van der Waals surface area contributed by atoms with Crippen LogP contribution in [0.25, 0.3) is 0 Å². The van der Waals surface area contributed by atoms with Crippen LogP contribution in [0.4, 0.5) is 5.82 Å². The van der Waals surface area contributed by atoms with Crippen LogP contribution in [-0.2, 0) is 4.74 Å². The normalized spacial score (nSPS) is 16.9. The molecule has 0 radical (unpaired) electrons. The molecule has 0 aliphatic carbocycles. The summed E-state index contributed by atoms with van der Waals surface area (Å²) >= 11 is 1.28. The molecule has 0 bridgehead atoms. The lowest BCUT2D eigenvalue weighted by Gasteiger charge is -2.12. The molecule has 1 aliphatic rings. The van der Waals surface area contributed by atoms with E-state index in [2.05, 4.69) is 9.97 Å². The van der Waals surface area contributed by atoms with Crippen LogP contribution < -0.4 is 11.3 Å². The van der Waals surface area contributed by atoms with Crippen LogP contribution in [0.2, 0.25) is 0 Å². The summed E-state index contributed by atoms with van der Waals surface area (Å²) in [6.45, 7) is 0. The molecule has 1 aliphatic heterocycles. The van der Waals surface area contributed by atoms with Gasteiger partial charge in [-0.15, -0.1) is 0 Å². The highest BCUT2D eigenvalue weighted by atomic mass is 32.2. The van der Waals surface area contributed by atoms with E-state index in [-0.39, 0.29) is 11.4 Å². The summed E-state index contributed by atoms with van der Waals surface area (Å²) in [4.78, 5) is 30.6. The van der Waals surface area contributed by atoms with E-state index in [1.165, 1.54) is 11.8 Å². The number of aromatic amines is 1. The van der Waals surface area contributed by atoms with E-state index in [1.807, 2.05) is 0 Å². The monoisotopic (exact) mass is 289 g/mol. The Kier molecular flexibility index (Phi) is 2.98. The average Bonchev–Trinajstić information content (AvgIpc) is 2.76. The van der Waals surface area contributed by atoms with Gasteiger partial charge in [0.05, 0.1) is 5.56 Å². The molecule has 0 saturated carbocycles. The first-order valence-electron chi connectivity index (χ1n) is 5.85. The standard InChI is InChI=1S/C13H11N3O3S/c1-20-13-15-10(14)8(11(17)16-13)9-6-4-2-3-5-7(6)12(18)19-9/h2-5,9H,1H3,(H3,14,15,16,17). The molecule has 20 heavy (non-hydrogen) atoms. The number of ether oxygens (including phenoxy) is 1. The van der Waals surface area contributed by atoms with E-state index in [1.54, 1.807) is 30.5 Å². The summed E-state index contributed by atoms with van der Waals surface area (Å²) in [5, 5.41) is 0.425. The van der Waals surface area contributed by atoms with Gasteiger partial charge in [0.1, 0.15) is 11.4 Å². The number of thioether (sulfide) groups is 1. The van der Waals surface area contributed by atoms with E-state index >= 15 is 0 Å². The lowest BCUT2D eigenvalue weighted by Crippen LogP contribution is -2.22. The minimum atomic E-state index is -0.800. The largest absolute Gasteiger partial charge is 0.449 e. The Hall–Kier alpha value is -2.28. The van der Waals surface area contributed by atoms with E-state index in [4.69, 9.17) is 10.5 Å². The number of nitrogens with one attached hydrogen (secondary N) is 1. The zero-order valence-electron chi connectivity index (χ0n) is 10.5. The number of hydrogen-bond donors (Lipinski definition) is 2. The van der Waals surface area contributed by atoms with E-state index in [0.29, 0.717) is 16.3 Å². The fourth-order valence-electron chi connectivity index (χ4n) is 2.19. The lowest BCUT2D eigenvalue weighted by atomic mass is 10.0. The maximum Gasteiger partial charge on any atom is 0.339 e. The summed E-state index contributed by atoms with van der Waals surface area (Å²) in [7, 11) is 0. The van der Waals surface area contributed by atoms with E-state index in [9.17, 15) is 9.59 Å². The van der Waals surface area contributed by atoms with E-state index in [0.717, 1.165) is 0 Å². The van der Waals surface area contributed by atoms with Crippen molar-refractivity contribution in [1.29, 1.82) is 0 Å². The van der Waals surface area contributed by atoms with Crippen molar-refractivity contribution in [3.63, 3.8) is 0 Å². The lowest BCUT2D eigenvalue weighted by molar-refractivity contribution is 0.0454. The minimum Gasteiger partial charge on any atom is -0.449 e. The number of nitrogens with two attached hydrogens (primary N) is 1. The number of aromatic nitrogens is 2. The number of anilines is 1. The predicted octanol–water partition coefficient (Wildman–Crippen LogP) is 1.33. The fraction of sp³-hybridized carbons (Fsp3) is 0.154. The van der Waals surface area contributed by atoms with Crippen LogP contribution in [0.15, 0.2) is 34.2 Å². The Morgan fingerprint density at radius 2 is 2.10 bits per heavy atom. The zero-order chi connectivity index (χ0) is 14.3. The highest BCUT2D eigenvalue weighted by molar-refractivity contribution is 7.98. The first-order chi connectivity index (χ1) is 9.61. The number of benzene rings is 1. The highest BCUT2D eigenvalue weighted by Gasteiger charge is 2.35. The van der Waals surface area contributed by atoms with Crippen molar-refractivity contribution in [2.45, 2.75) is 11.3 Å². The molecule has 2 aromatic rings. The van der Waals surface area contributed by atoms with Crippen molar-refractivity contribution in [3.8, 4) is 0 Å².